The van der Waals surface area contributed by atoms with Crippen molar-refractivity contribution in [3.05, 3.63) is 23.8 Å². The minimum absolute atomic E-state index is 0.520. The fourth-order valence-electron chi connectivity index (χ4n) is 2.20. The highest BCUT2D eigenvalue weighted by Crippen LogP contribution is 2.29. The molecule has 0 radical (unpaired) electrons. The Balaban J connectivity index is 2.19. The fraction of sp³-hybridized carbons (Fsp3) is 0.571. The summed E-state index contributed by atoms with van der Waals surface area (Å²) >= 11 is 0. The van der Waals surface area contributed by atoms with Crippen molar-refractivity contribution in [3.8, 4) is 5.75 Å². The van der Waals surface area contributed by atoms with Crippen LogP contribution in [0.15, 0.2) is 18.2 Å². The first-order chi connectivity index (χ1) is 8.20. The van der Waals surface area contributed by atoms with Gasteiger partial charge in [0.25, 0.3) is 0 Å². The van der Waals surface area contributed by atoms with Crippen LogP contribution < -0.4 is 15.4 Å². The SMILES string of the molecule is COc1ccc(C(C)C)cc1NC1CCNC1. The number of ether oxygens (including phenoxy) is 1. The molecule has 17 heavy (non-hydrogen) atoms. The maximum atomic E-state index is 5.41. The highest BCUT2D eigenvalue weighted by atomic mass is 16.5. The molecule has 1 heterocycles. The van der Waals surface area contributed by atoms with Crippen LogP contribution in [0, 0.1) is 0 Å². The van der Waals surface area contributed by atoms with Gasteiger partial charge < -0.3 is 15.4 Å². The van der Waals surface area contributed by atoms with Crippen LogP contribution in [-0.2, 0) is 0 Å². The van der Waals surface area contributed by atoms with Crippen molar-refractivity contribution in [2.75, 3.05) is 25.5 Å². The number of rotatable bonds is 4. The molecule has 1 unspecified atom stereocenters. The number of hydrogen-bond donors (Lipinski definition) is 2. The number of anilines is 1. The van der Waals surface area contributed by atoms with E-state index in [4.69, 9.17) is 4.74 Å². The number of hydrogen-bond acceptors (Lipinski definition) is 3. The molecule has 94 valence electrons. The summed E-state index contributed by atoms with van der Waals surface area (Å²) < 4.78 is 5.41. The summed E-state index contributed by atoms with van der Waals surface area (Å²) in [5.74, 6) is 1.48. The lowest BCUT2D eigenvalue weighted by Gasteiger charge is -2.18. The molecule has 0 saturated carbocycles. The van der Waals surface area contributed by atoms with Crippen molar-refractivity contribution in [2.45, 2.75) is 32.2 Å². The van der Waals surface area contributed by atoms with E-state index in [9.17, 15) is 0 Å². The van der Waals surface area contributed by atoms with Gasteiger partial charge in [-0.05, 0) is 36.6 Å². The Bertz CT molecular complexity index is 370. The molecule has 3 nitrogen and oxygen atoms in total. The molecule has 0 bridgehead atoms. The Hall–Kier alpha value is -1.22. The lowest BCUT2D eigenvalue weighted by Crippen LogP contribution is -2.22. The van der Waals surface area contributed by atoms with Gasteiger partial charge in [0.2, 0.25) is 0 Å². The van der Waals surface area contributed by atoms with E-state index in [-0.39, 0.29) is 0 Å². The van der Waals surface area contributed by atoms with Crippen LogP contribution in [0.2, 0.25) is 0 Å². The van der Waals surface area contributed by atoms with Crippen molar-refractivity contribution in [1.82, 2.24) is 5.32 Å². The summed E-state index contributed by atoms with van der Waals surface area (Å²) in [5, 5.41) is 6.93. The number of methoxy groups -OCH3 is 1. The van der Waals surface area contributed by atoms with Crippen LogP contribution in [0.5, 0.6) is 5.75 Å². The molecule has 1 aromatic carbocycles. The molecule has 0 amide bonds. The van der Waals surface area contributed by atoms with Crippen LogP contribution in [0.3, 0.4) is 0 Å². The molecule has 0 aromatic heterocycles. The summed E-state index contributed by atoms with van der Waals surface area (Å²) in [6, 6.07) is 6.93. The first-order valence-electron chi connectivity index (χ1n) is 6.36. The van der Waals surface area contributed by atoms with Crippen molar-refractivity contribution in [2.24, 2.45) is 0 Å². The summed E-state index contributed by atoms with van der Waals surface area (Å²) in [7, 11) is 1.72. The van der Waals surface area contributed by atoms with Gasteiger partial charge in [-0.3, -0.25) is 0 Å². The standard InChI is InChI=1S/C14H22N2O/c1-10(2)11-4-5-14(17-3)13(8-11)16-12-6-7-15-9-12/h4-5,8,10,12,15-16H,6-7,9H2,1-3H3. The Morgan fingerprint density at radius 3 is 2.82 bits per heavy atom. The summed E-state index contributed by atoms with van der Waals surface area (Å²) in [5.41, 5.74) is 2.46. The molecule has 2 rings (SSSR count). The van der Waals surface area contributed by atoms with Crippen LogP contribution >= 0.6 is 0 Å². The molecule has 1 saturated heterocycles. The van der Waals surface area contributed by atoms with E-state index in [1.54, 1.807) is 7.11 Å². The van der Waals surface area contributed by atoms with Gasteiger partial charge in [-0.2, -0.15) is 0 Å². The monoisotopic (exact) mass is 234 g/mol. The van der Waals surface area contributed by atoms with E-state index in [1.807, 2.05) is 0 Å². The molecular formula is C14H22N2O. The maximum Gasteiger partial charge on any atom is 0.141 e. The zero-order chi connectivity index (χ0) is 12.3. The first kappa shape index (κ1) is 12.2. The van der Waals surface area contributed by atoms with Crippen LogP contribution in [0.25, 0.3) is 0 Å². The molecule has 1 aromatic rings. The van der Waals surface area contributed by atoms with Gasteiger partial charge >= 0.3 is 0 Å². The van der Waals surface area contributed by atoms with Crippen molar-refractivity contribution < 1.29 is 4.74 Å². The maximum absolute atomic E-state index is 5.41. The normalized spacial score (nSPS) is 19.6. The second-order valence-corrected chi connectivity index (χ2v) is 4.95. The molecular weight excluding hydrogens is 212 g/mol. The molecule has 1 fully saturated rings. The van der Waals surface area contributed by atoms with Crippen LogP contribution in [-0.4, -0.2) is 26.2 Å². The predicted molar refractivity (Wildman–Crippen MR) is 72.0 cm³/mol. The highest BCUT2D eigenvalue weighted by Gasteiger charge is 2.16. The van der Waals surface area contributed by atoms with E-state index in [0.29, 0.717) is 12.0 Å². The zero-order valence-corrected chi connectivity index (χ0v) is 10.9. The van der Waals surface area contributed by atoms with Gasteiger partial charge in [-0.25, -0.2) is 0 Å². The average molecular weight is 234 g/mol. The summed E-state index contributed by atoms with van der Waals surface area (Å²) in [6.07, 6.45) is 1.18. The Morgan fingerprint density at radius 1 is 1.41 bits per heavy atom. The Labute approximate surface area is 104 Å². The lowest BCUT2D eigenvalue weighted by atomic mass is 10.0. The Kier molecular flexibility index (Phi) is 3.89. The third-order valence-corrected chi connectivity index (χ3v) is 3.31. The first-order valence-corrected chi connectivity index (χ1v) is 6.36. The van der Waals surface area contributed by atoms with Gasteiger partial charge in [0.05, 0.1) is 12.8 Å². The van der Waals surface area contributed by atoms with E-state index in [2.05, 4.69) is 42.7 Å². The van der Waals surface area contributed by atoms with Gasteiger partial charge in [0.15, 0.2) is 0 Å². The van der Waals surface area contributed by atoms with E-state index < -0.39 is 0 Å². The van der Waals surface area contributed by atoms with Gasteiger partial charge in [-0.1, -0.05) is 19.9 Å². The van der Waals surface area contributed by atoms with Gasteiger partial charge in [0.1, 0.15) is 5.75 Å². The average Bonchev–Trinajstić information content (AvgIpc) is 2.81. The molecule has 0 aliphatic carbocycles. The highest BCUT2D eigenvalue weighted by molar-refractivity contribution is 5.59. The van der Waals surface area contributed by atoms with Crippen LogP contribution in [0.1, 0.15) is 31.7 Å². The Morgan fingerprint density at radius 2 is 2.24 bits per heavy atom. The minimum atomic E-state index is 0.520. The molecule has 3 heteroatoms. The lowest BCUT2D eigenvalue weighted by molar-refractivity contribution is 0.416. The zero-order valence-electron chi connectivity index (χ0n) is 10.9. The minimum Gasteiger partial charge on any atom is -0.495 e. The molecule has 1 aliphatic rings. The molecule has 1 atom stereocenters. The molecule has 2 N–H and O–H groups in total. The largest absolute Gasteiger partial charge is 0.495 e. The topological polar surface area (TPSA) is 33.3 Å². The quantitative estimate of drug-likeness (QED) is 0.840. The fourth-order valence-corrected chi connectivity index (χ4v) is 2.20. The second kappa shape index (κ2) is 5.41. The van der Waals surface area contributed by atoms with Crippen LogP contribution in [0.4, 0.5) is 5.69 Å². The van der Waals surface area contributed by atoms with E-state index >= 15 is 0 Å². The van der Waals surface area contributed by atoms with Crippen molar-refractivity contribution in [1.29, 1.82) is 0 Å². The second-order valence-electron chi connectivity index (χ2n) is 4.95. The van der Waals surface area contributed by atoms with Crippen molar-refractivity contribution >= 4 is 5.69 Å². The smallest absolute Gasteiger partial charge is 0.141 e. The molecule has 0 spiro atoms. The number of nitrogens with one attached hydrogen (secondary N) is 2. The van der Waals surface area contributed by atoms with E-state index in [1.165, 1.54) is 12.0 Å². The molecule has 1 aliphatic heterocycles. The predicted octanol–water partition coefficient (Wildman–Crippen LogP) is 2.59. The summed E-state index contributed by atoms with van der Waals surface area (Å²) in [4.78, 5) is 0. The summed E-state index contributed by atoms with van der Waals surface area (Å²) in [6.45, 7) is 6.56. The third kappa shape index (κ3) is 2.91. The third-order valence-electron chi connectivity index (χ3n) is 3.31. The van der Waals surface area contributed by atoms with Gasteiger partial charge in [0, 0.05) is 12.6 Å². The van der Waals surface area contributed by atoms with E-state index in [0.717, 1.165) is 24.5 Å². The van der Waals surface area contributed by atoms with Crippen molar-refractivity contribution in [3.63, 3.8) is 0 Å². The van der Waals surface area contributed by atoms with Gasteiger partial charge in [-0.15, -0.1) is 0 Å². The number of benzene rings is 1.